The average molecular weight is 284 g/mol. The van der Waals surface area contributed by atoms with Crippen molar-refractivity contribution in [2.45, 2.75) is 92.2 Å². The Kier molecular flexibility index (Phi) is 7.79. The Bertz CT molecular complexity index is 286. The fourth-order valence-electron chi connectivity index (χ4n) is 2.52. The first-order chi connectivity index (χ1) is 9.03. The third-order valence-corrected chi connectivity index (χ3v) is 3.63. The van der Waals surface area contributed by atoms with Crippen molar-refractivity contribution in [2.24, 2.45) is 11.1 Å². The van der Waals surface area contributed by atoms with Crippen molar-refractivity contribution in [3.63, 3.8) is 0 Å². The van der Waals surface area contributed by atoms with Crippen LogP contribution in [0.25, 0.3) is 0 Å². The lowest BCUT2D eigenvalue weighted by molar-refractivity contribution is -0.136. The Hall–Kier alpha value is -0.570. The SMILES string of the molecule is CCCCN(C(=O)CCC)C(CC(C)(C)N)C(C)(C)C. The maximum atomic E-state index is 12.5. The van der Waals surface area contributed by atoms with Gasteiger partial charge in [0, 0.05) is 24.5 Å². The number of carbonyl (C=O) groups is 1. The second-order valence-corrected chi connectivity index (χ2v) is 7.77. The second kappa shape index (κ2) is 8.02. The van der Waals surface area contributed by atoms with Crippen LogP contribution in [0.4, 0.5) is 0 Å². The number of carbonyl (C=O) groups excluding carboxylic acids is 1. The van der Waals surface area contributed by atoms with Gasteiger partial charge in [0.25, 0.3) is 0 Å². The number of nitrogens with two attached hydrogens (primary N) is 1. The maximum Gasteiger partial charge on any atom is 0.222 e. The Labute approximate surface area is 126 Å². The maximum absolute atomic E-state index is 12.5. The van der Waals surface area contributed by atoms with Crippen molar-refractivity contribution >= 4 is 5.91 Å². The van der Waals surface area contributed by atoms with Crippen LogP contribution in [-0.2, 0) is 4.79 Å². The normalized spacial score (nSPS) is 14.2. The minimum absolute atomic E-state index is 0.0494. The molecule has 0 aliphatic carbocycles. The first-order valence-corrected chi connectivity index (χ1v) is 8.11. The second-order valence-electron chi connectivity index (χ2n) is 7.77. The van der Waals surface area contributed by atoms with Gasteiger partial charge in [0.2, 0.25) is 5.91 Å². The van der Waals surface area contributed by atoms with E-state index in [1.807, 2.05) is 13.8 Å². The standard InChI is InChI=1S/C17H36N2O/c1-8-10-12-19(15(20)11-9-2)14(16(3,4)5)13-17(6,7)18/h14H,8-13,18H2,1-7H3. The van der Waals surface area contributed by atoms with Crippen LogP contribution in [0.1, 0.15) is 80.6 Å². The molecule has 120 valence electrons. The largest absolute Gasteiger partial charge is 0.339 e. The van der Waals surface area contributed by atoms with Crippen molar-refractivity contribution in [1.29, 1.82) is 0 Å². The third-order valence-electron chi connectivity index (χ3n) is 3.63. The summed E-state index contributed by atoms with van der Waals surface area (Å²) < 4.78 is 0. The van der Waals surface area contributed by atoms with Crippen LogP contribution in [0.5, 0.6) is 0 Å². The zero-order chi connectivity index (χ0) is 16.0. The highest BCUT2D eigenvalue weighted by molar-refractivity contribution is 5.76. The molecule has 1 atom stereocenters. The lowest BCUT2D eigenvalue weighted by Gasteiger charge is -2.43. The van der Waals surface area contributed by atoms with Gasteiger partial charge in [-0.2, -0.15) is 0 Å². The number of hydrogen-bond acceptors (Lipinski definition) is 2. The van der Waals surface area contributed by atoms with Crippen LogP contribution in [0.15, 0.2) is 0 Å². The van der Waals surface area contributed by atoms with Gasteiger partial charge in [-0.3, -0.25) is 4.79 Å². The Morgan fingerprint density at radius 3 is 2.00 bits per heavy atom. The molecule has 0 rings (SSSR count). The molecule has 0 spiro atoms. The lowest BCUT2D eigenvalue weighted by atomic mass is 9.78. The molecule has 0 heterocycles. The van der Waals surface area contributed by atoms with E-state index in [9.17, 15) is 4.79 Å². The Morgan fingerprint density at radius 1 is 1.10 bits per heavy atom. The molecule has 0 fully saturated rings. The predicted molar refractivity (Wildman–Crippen MR) is 87.7 cm³/mol. The Balaban J connectivity index is 5.22. The summed E-state index contributed by atoms with van der Waals surface area (Å²) in [6.45, 7) is 15.8. The molecule has 3 heteroatoms. The molecule has 0 saturated heterocycles. The summed E-state index contributed by atoms with van der Waals surface area (Å²) in [7, 11) is 0. The molecule has 1 amide bonds. The third kappa shape index (κ3) is 7.28. The molecule has 1 unspecified atom stereocenters. The minimum Gasteiger partial charge on any atom is -0.339 e. The molecule has 0 radical (unpaired) electrons. The fraction of sp³-hybridized carbons (Fsp3) is 0.941. The van der Waals surface area contributed by atoms with Gasteiger partial charge in [-0.15, -0.1) is 0 Å². The summed E-state index contributed by atoms with van der Waals surface area (Å²) >= 11 is 0. The number of rotatable bonds is 8. The quantitative estimate of drug-likeness (QED) is 0.733. The van der Waals surface area contributed by atoms with Gasteiger partial charge in [-0.25, -0.2) is 0 Å². The van der Waals surface area contributed by atoms with E-state index in [4.69, 9.17) is 5.73 Å². The lowest BCUT2D eigenvalue weighted by Crippen LogP contribution is -2.52. The summed E-state index contributed by atoms with van der Waals surface area (Å²) in [6.07, 6.45) is 4.56. The van der Waals surface area contributed by atoms with E-state index in [2.05, 4.69) is 39.5 Å². The first kappa shape index (κ1) is 19.4. The van der Waals surface area contributed by atoms with Gasteiger partial charge in [-0.05, 0) is 38.5 Å². The zero-order valence-electron chi connectivity index (χ0n) is 14.8. The van der Waals surface area contributed by atoms with Gasteiger partial charge in [0.1, 0.15) is 0 Å². The summed E-state index contributed by atoms with van der Waals surface area (Å²) in [5, 5.41) is 0. The summed E-state index contributed by atoms with van der Waals surface area (Å²) in [5.74, 6) is 0.283. The zero-order valence-corrected chi connectivity index (χ0v) is 14.8. The van der Waals surface area contributed by atoms with Crippen LogP contribution >= 0.6 is 0 Å². The highest BCUT2D eigenvalue weighted by atomic mass is 16.2. The van der Waals surface area contributed by atoms with Crippen molar-refractivity contribution in [1.82, 2.24) is 4.90 Å². The number of hydrogen-bond donors (Lipinski definition) is 1. The molecular formula is C17H36N2O. The van der Waals surface area contributed by atoms with Crippen LogP contribution in [0, 0.1) is 5.41 Å². The van der Waals surface area contributed by atoms with Gasteiger partial charge >= 0.3 is 0 Å². The van der Waals surface area contributed by atoms with Crippen molar-refractivity contribution in [3.8, 4) is 0 Å². The van der Waals surface area contributed by atoms with E-state index in [-0.39, 0.29) is 22.9 Å². The van der Waals surface area contributed by atoms with Crippen LogP contribution in [-0.4, -0.2) is 28.9 Å². The molecule has 0 aromatic rings. The highest BCUT2D eigenvalue weighted by Gasteiger charge is 2.35. The van der Waals surface area contributed by atoms with E-state index in [1.165, 1.54) is 0 Å². The van der Waals surface area contributed by atoms with E-state index in [0.717, 1.165) is 32.2 Å². The van der Waals surface area contributed by atoms with Crippen molar-refractivity contribution in [2.75, 3.05) is 6.54 Å². The summed E-state index contributed by atoms with van der Waals surface area (Å²) in [4.78, 5) is 14.6. The first-order valence-electron chi connectivity index (χ1n) is 8.11. The fourth-order valence-corrected chi connectivity index (χ4v) is 2.52. The molecule has 0 aliphatic rings. The molecule has 0 aromatic heterocycles. The topological polar surface area (TPSA) is 46.3 Å². The van der Waals surface area contributed by atoms with Gasteiger partial charge in [0.05, 0.1) is 0 Å². The van der Waals surface area contributed by atoms with Gasteiger partial charge < -0.3 is 10.6 Å². The van der Waals surface area contributed by atoms with Crippen LogP contribution < -0.4 is 5.73 Å². The van der Waals surface area contributed by atoms with Crippen molar-refractivity contribution < 1.29 is 4.79 Å². The monoisotopic (exact) mass is 284 g/mol. The molecular weight excluding hydrogens is 248 g/mol. The van der Waals surface area contributed by atoms with E-state index in [1.54, 1.807) is 0 Å². The average Bonchev–Trinajstić information content (AvgIpc) is 2.25. The number of nitrogens with zero attached hydrogens (tertiary/aromatic N) is 1. The van der Waals surface area contributed by atoms with Crippen LogP contribution in [0.2, 0.25) is 0 Å². The van der Waals surface area contributed by atoms with Crippen molar-refractivity contribution in [3.05, 3.63) is 0 Å². The molecule has 2 N–H and O–H groups in total. The summed E-state index contributed by atoms with van der Waals surface area (Å²) in [5.41, 5.74) is 6.03. The minimum atomic E-state index is -0.255. The van der Waals surface area contributed by atoms with E-state index < -0.39 is 0 Å². The molecule has 20 heavy (non-hydrogen) atoms. The van der Waals surface area contributed by atoms with E-state index in [0.29, 0.717) is 6.42 Å². The molecule has 0 bridgehead atoms. The van der Waals surface area contributed by atoms with E-state index >= 15 is 0 Å². The smallest absolute Gasteiger partial charge is 0.222 e. The number of unbranched alkanes of at least 4 members (excludes halogenated alkanes) is 1. The predicted octanol–water partition coefficient (Wildman–Crippen LogP) is 3.96. The van der Waals surface area contributed by atoms with Crippen LogP contribution in [0.3, 0.4) is 0 Å². The number of amides is 1. The summed E-state index contributed by atoms with van der Waals surface area (Å²) in [6, 6.07) is 0.202. The molecule has 3 nitrogen and oxygen atoms in total. The molecule has 0 saturated carbocycles. The highest BCUT2D eigenvalue weighted by Crippen LogP contribution is 2.31. The van der Waals surface area contributed by atoms with Gasteiger partial charge in [0.15, 0.2) is 0 Å². The molecule has 0 aliphatic heterocycles. The Morgan fingerprint density at radius 2 is 1.65 bits per heavy atom. The van der Waals surface area contributed by atoms with Gasteiger partial charge in [-0.1, -0.05) is 41.0 Å². The molecule has 0 aromatic carbocycles.